The van der Waals surface area contributed by atoms with Gasteiger partial charge in [0.1, 0.15) is 0 Å². The van der Waals surface area contributed by atoms with Gasteiger partial charge in [-0.3, -0.25) is 4.79 Å². The fourth-order valence-corrected chi connectivity index (χ4v) is 1.33. The van der Waals surface area contributed by atoms with E-state index in [1.54, 1.807) is 0 Å². The number of hydrogen-bond acceptors (Lipinski definition) is 3. The normalized spacial score (nSPS) is 12.9. The molecule has 3 heteroatoms. The molecule has 0 bridgehead atoms. The van der Waals surface area contributed by atoms with Crippen LogP contribution in [-0.4, -0.2) is 25.7 Å². The zero-order chi connectivity index (χ0) is 11.7. The van der Waals surface area contributed by atoms with Gasteiger partial charge >= 0.3 is 5.97 Å². The van der Waals surface area contributed by atoms with E-state index >= 15 is 0 Å². The largest absolute Gasteiger partial charge is 0.464 e. The summed E-state index contributed by atoms with van der Waals surface area (Å²) in [6.07, 6.45) is 2.26. The maximum absolute atomic E-state index is 11.2. The summed E-state index contributed by atoms with van der Waals surface area (Å²) in [5.74, 6) is 0.902. The van der Waals surface area contributed by atoms with Gasteiger partial charge in [-0.2, -0.15) is 0 Å². The molecule has 1 atom stereocenters. The van der Waals surface area contributed by atoms with Crippen LogP contribution in [0.5, 0.6) is 0 Å². The summed E-state index contributed by atoms with van der Waals surface area (Å²) in [4.78, 5) is 11.2. The van der Waals surface area contributed by atoms with Gasteiger partial charge in [0.2, 0.25) is 0 Å². The van der Waals surface area contributed by atoms with Crippen molar-refractivity contribution in [1.29, 1.82) is 0 Å². The van der Waals surface area contributed by atoms with Crippen molar-refractivity contribution >= 4 is 5.97 Å². The van der Waals surface area contributed by atoms with Crippen molar-refractivity contribution in [3.63, 3.8) is 0 Å². The summed E-state index contributed by atoms with van der Waals surface area (Å²) >= 11 is 0. The van der Waals surface area contributed by atoms with Gasteiger partial charge in [-0.15, -0.1) is 0 Å². The molecule has 0 saturated carbocycles. The summed E-state index contributed by atoms with van der Waals surface area (Å²) in [5.41, 5.74) is 0. The molecule has 1 unspecified atom stereocenters. The van der Waals surface area contributed by atoms with Crippen molar-refractivity contribution < 1.29 is 9.53 Å². The van der Waals surface area contributed by atoms with Crippen LogP contribution in [0.3, 0.4) is 0 Å². The lowest BCUT2D eigenvalue weighted by Crippen LogP contribution is -2.28. The Balaban J connectivity index is 3.40. The smallest absolute Gasteiger partial charge is 0.319 e. The second-order valence-electron chi connectivity index (χ2n) is 4.60. The molecule has 90 valence electrons. The molecule has 1 N–H and O–H groups in total. The molecular formula is C12H25NO2. The molecule has 0 saturated heterocycles. The highest BCUT2D eigenvalue weighted by atomic mass is 16.5. The van der Waals surface area contributed by atoms with Crippen molar-refractivity contribution in [2.45, 2.75) is 40.5 Å². The SMILES string of the molecule is CCCC(C)COC(=O)CNCC(C)C. The van der Waals surface area contributed by atoms with Gasteiger partial charge in [-0.25, -0.2) is 0 Å². The number of carbonyl (C=O) groups is 1. The van der Waals surface area contributed by atoms with Gasteiger partial charge < -0.3 is 10.1 Å². The first-order chi connectivity index (χ1) is 7.06. The number of nitrogens with one attached hydrogen (secondary N) is 1. The van der Waals surface area contributed by atoms with Crippen molar-refractivity contribution in [2.24, 2.45) is 11.8 Å². The van der Waals surface area contributed by atoms with Crippen molar-refractivity contribution in [1.82, 2.24) is 5.32 Å². The summed E-state index contributed by atoms with van der Waals surface area (Å²) < 4.78 is 5.14. The average molecular weight is 215 g/mol. The summed E-state index contributed by atoms with van der Waals surface area (Å²) in [6.45, 7) is 10.2. The van der Waals surface area contributed by atoms with Gasteiger partial charge in [0.25, 0.3) is 0 Å². The summed E-state index contributed by atoms with van der Waals surface area (Å²) in [7, 11) is 0. The van der Waals surface area contributed by atoms with Crippen molar-refractivity contribution in [2.75, 3.05) is 19.7 Å². The Morgan fingerprint density at radius 3 is 2.53 bits per heavy atom. The maximum atomic E-state index is 11.2. The van der Waals surface area contributed by atoms with Gasteiger partial charge in [0.15, 0.2) is 0 Å². The van der Waals surface area contributed by atoms with Gasteiger partial charge in [0, 0.05) is 0 Å². The zero-order valence-electron chi connectivity index (χ0n) is 10.5. The van der Waals surface area contributed by atoms with Gasteiger partial charge in [0.05, 0.1) is 13.2 Å². The van der Waals surface area contributed by atoms with E-state index in [1.807, 2.05) is 0 Å². The second-order valence-corrected chi connectivity index (χ2v) is 4.60. The van der Waals surface area contributed by atoms with E-state index in [2.05, 4.69) is 33.0 Å². The number of rotatable bonds is 8. The molecular weight excluding hydrogens is 190 g/mol. The highest BCUT2D eigenvalue weighted by Crippen LogP contribution is 2.04. The predicted molar refractivity (Wildman–Crippen MR) is 62.7 cm³/mol. The highest BCUT2D eigenvalue weighted by molar-refractivity contribution is 5.71. The lowest BCUT2D eigenvalue weighted by molar-refractivity contribution is -0.143. The minimum Gasteiger partial charge on any atom is -0.464 e. The number of ether oxygens (including phenoxy) is 1. The standard InChI is InChI=1S/C12H25NO2/c1-5-6-11(4)9-15-12(14)8-13-7-10(2)3/h10-11,13H,5-9H2,1-4H3. The molecule has 0 rings (SSSR count). The van der Waals surface area contributed by atoms with Crippen LogP contribution >= 0.6 is 0 Å². The van der Waals surface area contributed by atoms with E-state index in [0.29, 0.717) is 25.0 Å². The van der Waals surface area contributed by atoms with Crippen molar-refractivity contribution in [3.8, 4) is 0 Å². The third-order valence-corrected chi connectivity index (χ3v) is 2.13. The Morgan fingerprint density at radius 2 is 2.00 bits per heavy atom. The van der Waals surface area contributed by atoms with Crippen LogP contribution in [0.2, 0.25) is 0 Å². The fourth-order valence-electron chi connectivity index (χ4n) is 1.33. The van der Waals surface area contributed by atoms with Crippen molar-refractivity contribution in [3.05, 3.63) is 0 Å². The Bertz CT molecular complexity index is 169. The Hall–Kier alpha value is -0.570. The quantitative estimate of drug-likeness (QED) is 0.631. The summed E-state index contributed by atoms with van der Waals surface area (Å²) in [6, 6.07) is 0. The Morgan fingerprint density at radius 1 is 1.33 bits per heavy atom. The Kier molecular flexibility index (Phi) is 8.38. The van der Waals surface area contributed by atoms with Crippen LogP contribution < -0.4 is 5.32 Å². The van der Waals surface area contributed by atoms with E-state index in [1.165, 1.54) is 0 Å². The van der Waals surface area contributed by atoms with E-state index in [0.717, 1.165) is 19.4 Å². The van der Waals surface area contributed by atoms with Crippen LogP contribution in [0.1, 0.15) is 40.5 Å². The highest BCUT2D eigenvalue weighted by Gasteiger charge is 2.06. The van der Waals surface area contributed by atoms with Crippen LogP contribution in [-0.2, 0) is 9.53 Å². The zero-order valence-corrected chi connectivity index (χ0v) is 10.5. The molecule has 0 aromatic rings. The maximum Gasteiger partial charge on any atom is 0.319 e. The third-order valence-electron chi connectivity index (χ3n) is 2.13. The molecule has 0 aliphatic carbocycles. The lowest BCUT2D eigenvalue weighted by atomic mass is 10.1. The minimum absolute atomic E-state index is 0.140. The van der Waals surface area contributed by atoms with Crippen LogP contribution in [0, 0.1) is 11.8 Å². The molecule has 0 radical (unpaired) electrons. The molecule has 0 aromatic heterocycles. The lowest BCUT2D eigenvalue weighted by Gasteiger charge is -2.11. The van der Waals surface area contributed by atoms with E-state index in [-0.39, 0.29) is 5.97 Å². The van der Waals surface area contributed by atoms with E-state index in [9.17, 15) is 4.79 Å². The predicted octanol–water partition coefficient (Wildman–Crippen LogP) is 2.21. The Labute approximate surface area is 93.6 Å². The number of esters is 1. The molecule has 0 heterocycles. The van der Waals surface area contributed by atoms with Crippen LogP contribution in [0.4, 0.5) is 0 Å². The first kappa shape index (κ1) is 14.4. The first-order valence-corrected chi connectivity index (χ1v) is 5.92. The first-order valence-electron chi connectivity index (χ1n) is 5.92. The molecule has 0 aliphatic rings. The molecule has 0 amide bonds. The van der Waals surface area contributed by atoms with Crippen LogP contribution in [0.25, 0.3) is 0 Å². The monoisotopic (exact) mass is 215 g/mol. The van der Waals surface area contributed by atoms with Crippen LogP contribution in [0.15, 0.2) is 0 Å². The van der Waals surface area contributed by atoms with Gasteiger partial charge in [-0.1, -0.05) is 34.1 Å². The van der Waals surface area contributed by atoms with Gasteiger partial charge in [-0.05, 0) is 24.8 Å². The van der Waals surface area contributed by atoms with E-state index < -0.39 is 0 Å². The minimum atomic E-state index is -0.140. The average Bonchev–Trinajstić information content (AvgIpc) is 2.14. The molecule has 0 fully saturated rings. The topological polar surface area (TPSA) is 38.3 Å². The number of carbonyl (C=O) groups excluding carboxylic acids is 1. The van der Waals surface area contributed by atoms with E-state index in [4.69, 9.17) is 4.74 Å². The third kappa shape index (κ3) is 9.73. The number of hydrogen-bond donors (Lipinski definition) is 1. The molecule has 0 aliphatic heterocycles. The fraction of sp³-hybridized carbons (Fsp3) is 0.917. The molecule has 15 heavy (non-hydrogen) atoms. The second kappa shape index (κ2) is 8.72. The molecule has 0 aromatic carbocycles. The summed E-state index contributed by atoms with van der Waals surface area (Å²) in [5, 5.41) is 3.07. The molecule has 3 nitrogen and oxygen atoms in total. The molecule has 0 spiro atoms.